The number of rotatable bonds is 10. The molecule has 0 aliphatic carbocycles. The number of carbonyl (C=O) groups excluding carboxylic acids is 1. The van der Waals surface area contributed by atoms with Crippen LogP contribution in [0.3, 0.4) is 0 Å². The molecule has 2 aliphatic rings. The molecule has 5 nitrogen and oxygen atoms in total. The van der Waals surface area contributed by atoms with Crippen LogP contribution in [-0.2, 0) is 0 Å². The molecule has 0 aromatic heterocycles. The lowest BCUT2D eigenvalue weighted by molar-refractivity contribution is 0.0921. The Bertz CT molecular complexity index is 879. The van der Waals surface area contributed by atoms with Gasteiger partial charge < -0.3 is 14.4 Å². The Morgan fingerprint density at radius 1 is 0.969 bits per heavy atom. The van der Waals surface area contributed by atoms with Gasteiger partial charge in [0.2, 0.25) is 0 Å². The summed E-state index contributed by atoms with van der Waals surface area (Å²) < 4.78 is 11.4. The molecule has 2 heterocycles. The van der Waals surface area contributed by atoms with E-state index in [4.69, 9.17) is 9.47 Å². The summed E-state index contributed by atoms with van der Waals surface area (Å²) in [6, 6.07) is 16.2. The highest BCUT2D eigenvalue weighted by Gasteiger charge is 2.28. The molecule has 32 heavy (non-hydrogen) atoms. The van der Waals surface area contributed by atoms with Crippen LogP contribution in [-0.4, -0.2) is 62.0 Å². The summed E-state index contributed by atoms with van der Waals surface area (Å²) in [6.07, 6.45) is 7.29. The van der Waals surface area contributed by atoms with Gasteiger partial charge >= 0.3 is 0 Å². The quantitative estimate of drug-likeness (QED) is 0.389. The number of methoxy groups -OCH3 is 1. The summed E-state index contributed by atoms with van der Waals surface area (Å²) in [7, 11) is 1.63. The Hall–Kier alpha value is -2.37. The molecular weight excluding hydrogens is 400 g/mol. The summed E-state index contributed by atoms with van der Waals surface area (Å²) in [5.74, 6) is 1.80. The van der Waals surface area contributed by atoms with Crippen LogP contribution >= 0.6 is 0 Å². The Labute approximate surface area is 192 Å². The molecule has 1 unspecified atom stereocenters. The van der Waals surface area contributed by atoms with Crippen molar-refractivity contribution in [1.29, 1.82) is 0 Å². The minimum absolute atomic E-state index is 0.140. The summed E-state index contributed by atoms with van der Waals surface area (Å²) in [5.41, 5.74) is 1.95. The van der Waals surface area contributed by atoms with Gasteiger partial charge in [0.15, 0.2) is 5.78 Å². The van der Waals surface area contributed by atoms with Crippen molar-refractivity contribution < 1.29 is 14.3 Å². The first kappa shape index (κ1) is 22.8. The number of ether oxygens (including phenoxy) is 2. The highest BCUT2D eigenvalue weighted by Crippen LogP contribution is 2.33. The first-order valence-electron chi connectivity index (χ1n) is 12.1. The lowest BCUT2D eigenvalue weighted by atomic mass is 10.0. The SMILES string of the molecule is COc1cccc(C(=O)CN2CCCC2c2cccc(OCCCN3CCCCC3)c2)c1. The molecule has 0 N–H and O–H groups in total. The van der Waals surface area contributed by atoms with E-state index in [-0.39, 0.29) is 11.8 Å². The van der Waals surface area contributed by atoms with E-state index in [2.05, 4.69) is 28.0 Å². The molecule has 5 heteroatoms. The van der Waals surface area contributed by atoms with E-state index in [1.54, 1.807) is 7.11 Å². The Balaban J connectivity index is 1.31. The number of piperidine rings is 1. The third-order valence-electron chi connectivity index (χ3n) is 6.68. The predicted octanol–water partition coefficient (Wildman–Crippen LogP) is 4.97. The van der Waals surface area contributed by atoms with Crippen molar-refractivity contribution in [3.63, 3.8) is 0 Å². The summed E-state index contributed by atoms with van der Waals surface area (Å²) >= 11 is 0. The normalized spacial score (nSPS) is 19.7. The number of nitrogens with zero attached hydrogens (tertiary/aromatic N) is 2. The molecule has 0 amide bonds. The Morgan fingerprint density at radius 3 is 2.62 bits per heavy atom. The maximum absolute atomic E-state index is 12.9. The zero-order valence-corrected chi connectivity index (χ0v) is 19.3. The first-order chi connectivity index (χ1) is 15.7. The topological polar surface area (TPSA) is 42.0 Å². The number of likely N-dealkylation sites (tertiary alicyclic amines) is 2. The van der Waals surface area contributed by atoms with E-state index in [9.17, 15) is 4.79 Å². The third-order valence-corrected chi connectivity index (χ3v) is 6.68. The van der Waals surface area contributed by atoms with E-state index in [1.165, 1.54) is 37.9 Å². The standard InChI is InChI=1S/C27H36N2O3/c1-31-24-11-6-10-23(20-24)27(30)21-29-17-7-13-26(29)22-9-5-12-25(19-22)32-18-8-16-28-14-3-2-4-15-28/h5-6,9-12,19-20,26H,2-4,7-8,13-18,21H2,1H3. The average Bonchev–Trinajstić information content (AvgIpc) is 3.31. The van der Waals surface area contributed by atoms with Crippen LogP contribution < -0.4 is 9.47 Å². The number of benzene rings is 2. The monoisotopic (exact) mass is 436 g/mol. The van der Waals surface area contributed by atoms with Gasteiger partial charge in [-0.2, -0.15) is 0 Å². The van der Waals surface area contributed by atoms with E-state index in [0.717, 1.165) is 50.5 Å². The molecule has 1 atom stereocenters. The van der Waals surface area contributed by atoms with E-state index >= 15 is 0 Å². The van der Waals surface area contributed by atoms with Crippen molar-refractivity contribution in [1.82, 2.24) is 9.80 Å². The first-order valence-corrected chi connectivity index (χ1v) is 12.1. The fourth-order valence-corrected chi connectivity index (χ4v) is 4.94. The van der Waals surface area contributed by atoms with Crippen LogP contribution in [0.5, 0.6) is 11.5 Å². The maximum Gasteiger partial charge on any atom is 0.176 e. The van der Waals surface area contributed by atoms with E-state index < -0.39 is 0 Å². The van der Waals surface area contributed by atoms with Gasteiger partial charge in [-0.3, -0.25) is 9.69 Å². The molecule has 2 saturated heterocycles. The van der Waals surface area contributed by atoms with Gasteiger partial charge in [-0.25, -0.2) is 0 Å². The minimum Gasteiger partial charge on any atom is -0.497 e. The third kappa shape index (κ3) is 6.11. The second kappa shape index (κ2) is 11.5. The van der Waals surface area contributed by atoms with Gasteiger partial charge in [-0.1, -0.05) is 30.7 Å². The van der Waals surface area contributed by atoms with Crippen LogP contribution in [0.4, 0.5) is 0 Å². The van der Waals surface area contributed by atoms with Crippen LogP contribution in [0.1, 0.15) is 60.5 Å². The molecule has 2 fully saturated rings. The fraction of sp³-hybridized carbons (Fsp3) is 0.519. The second-order valence-electron chi connectivity index (χ2n) is 8.96. The van der Waals surface area contributed by atoms with Crippen molar-refractivity contribution in [2.75, 3.05) is 46.4 Å². The van der Waals surface area contributed by atoms with Crippen LogP contribution in [0.15, 0.2) is 48.5 Å². The van der Waals surface area contributed by atoms with Crippen LogP contribution in [0, 0.1) is 0 Å². The summed E-state index contributed by atoms with van der Waals surface area (Å²) in [4.78, 5) is 17.7. The van der Waals surface area contributed by atoms with E-state index in [0.29, 0.717) is 12.1 Å². The smallest absolute Gasteiger partial charge is 0.176 e. The number of carbonyl (C=O) groups is 1. The molecule has 0 bridgehead atoms. The highest BCUT2D eigenvalue weighted by molar-refractivity contribution is 5.98. The molecule has 2 aliphatic heterocycles. The van der Waals surface area contributed by atoms with Gasteiger partial charge in [-0.15, -0.1) is 0 Å². The lowest BCUT2D eigenvalue weighted by Crippen LogP contribution is -2.31. The van der Waals surface area contributed by atoms with Crippen molar-refractivity contribution >= 4 is 5.78 Å². The number of hydrogen-bond donors (Lipinski definition) is 0. The average molecular weight is 437 g/mol. The van der Waals surface area contributed by atoms with Gasteiger partial charge in [0.05, 0.1) is 20.3 Å². The molecule has 2 aromatic rings. The molecular formula is C27H36N2O3. The fourth-order valence-electron chi connectivity index (χ4n) is 4.94. The highest BCUT2D eigenvalue weighted by atomic mass is 16.5. The van der Waals surface area contributed by atoms with Gasteiger partial charge in [-0.05, 0) is 81.6 Å². The minimum atomic E-state index is 0.140. The number of Topliss-reactive ketones (excluding diaryl/α,β-unsaturated/α-hetero) is 1. The van der Waals surface area contributed by atoms with Crippen molar-refractivity contribution in [3.05, 3.63) is 59.7 Å². The largest absolute Gasteiger partial charge is 0.497 e. The van der Waals surface area contributed by atoms with Crippen molar-refractivity contribution in [2.24, 2.45) is 0 Å². The summed E-state index contributed by atoms with van der Waals surface area (Å²) in [5, 5.41) is 0. The summed E-state index contributed by atoms with van der Waals surface area (Å²) in [6.45, 7) is 5.73. The van der Waals surface area contributed by atoms with Gasteiger partial charge in [0.1, 0.15) is 11.5 Å². The molecule has 0 spiro atoms. The Kier molecular flexibility index (Phi) is 8.18. The molecule has 0 radical (unpaired) electrons. The predicted molar refractivity (Wildman–Crippen MR) is 128 cm³/mol. The molecule has 172 valence electrons. The van der Waals surface area contributed by atoms with Gasteiger partial charge in [0.25, 0.3) is 0 Å². The molecule has 4 rings (SSSR count). The van der Waals surface area contributed by atoms with Crippen LogP contribution in [0.2, 0.25) is 0 Å². The zero-order chi connectivity index (χ0) is 22.2. The van der Waals surface area contributed by atoms with Crippen LogP contribution in [0.25, 0.3) is 0 Å². The second-order valence-corrected chi connectivity index (χ2v) is 8.96. The number of hydrogen-bond acceptors (Lipinski definition) is 5. The Morgan fingerprint density at radius 2 is 1.78 bits per heavy atom. The van der Waals surface area contributed by atoms with Crippen molar-refractivity contribution in [2.45, 2.75) is 44.6 Å². The maximum atomic E-state index is 12.9. The number of ketones is 1. The van der Waals surface area contributed by atoms with E-state index in [1.807, 2.05) is 30.3 Å². The molecule has 0 saturated carbocycles. The zero-order valence-electron chi connectivity index (χ0n) is 19.3. The lowest BCUT2D eigenvalue weighted by Gasteiger charge is -2.26. The van der Waals surface area contributed by atoms with Crippen molar-refractivity contribution in [3.8, 4) is 11.5 Å². The van der Waals surface area contributed by atoms with Gasteiger partial charge in [0, 0.05) is 18.2 Å². The molecule has 2 aromatic carbocycles.